The number of para-hydroxylation sites is 1. The number of pyridine rings is 1. The van der Waals surface area contributed by atoms with E-state index in [1.54, 1.807) is 6.92 Å². The van der Waals surface area contributed by atoms with E-state index in [0.717, 1.165) is 17.5 Å². The van der Waals surface area contributed by atoms with Gasteiger partial charge in [-0.3, -0.25) is 4.79 Å². The molecule has 25 heavy (non-hydrogen) atoms. The van der Waals surface area contributed by atoms with E-state index in [4.69, 9.17) is 4.42 Å². The van der Waals surface area contributed by atoms with E-state index in [1.807, 2.05) is 30.3 Å². The van der Waals surface area contributed by atoms with Gasteiger partial charge in [0.2, 0.25) is 0 Å². The number of rotatable bonds is 3. The van der Waals surface area contributed by atoms with E-state index in [2.05, 4.69) is 10.3 Å². The highest BCUT2D eigenvalue weighted by atomic mass is 19.4. The number of aryl methyl sites for hydroxylation is 1. The Bertz CT molecular complexity index is 898. The summed E-state index contributed by atoms with van der Waals surface area (Å²) in [4.78, 5) is 15.8. The summed E-state index contributed by atoms with van der Waals surface area (Å²) < 4.78 is 43.7. The molecular weight excluding hydrogens is 333 g/mol. The van der Waals surface area contributed by atoms with E-state index in [-0.39, 0.29) is 11.3 Å². The third-order valence-corrected chi connectivity index (χ3v) is 3.84. The number of nitrogens with one attached hydrogen (secondary N) is 1. The third kappa shape index (κ3) is 3.50. The molecule has 0 unspecified atom stereocenters. The van der Waals surface area contributed by atoms with Crippen LogP contribution in [0.2, 0.25) is 0 Å². The number of amides is 1. The molecule has 0 aliphatic carbocycles. The lowest BCUT2D eigenvalue weighted by Crippen LogP contribution is -2.27. The standard InChI is InChI=1S/C18H15F3N2O2/c1-10-13(7-8-16(22-10)18(19,20)21)17(24)23-11(2)15-9-12-5-3-4-6-14(12)25-15/h3-9,11H,1-2H3,(H,23,24)/t11-/m1/s1. The Kier molecular flexibility index (Phi) is 4.24. The number of fused-ring (bicyclic) bond motifs is 1. The van der Waals surface area contributed by atoms with Crippen LogP contribution in [-0.4, -0.2) is 10.9 Å². The van der Waals surface area contributed by atoms with Crippen LogP contribution < -0.4 is 5.32 Å². The summed E-state index contributed by atoms with van der Waals surface area (Å²) in [5, 5.41) is 3.63. The van der Waals surface area contributed by atoms with E-state index in [9.17, 15) is 18.0 Å². The van der Waals surface area contributed by atoms with Crippen LogP contribution in [0.1, 0.15) is 40.5 Å². The predicted molar refractivity (Wildman–Crippen MR) is 86.1 cm³/mol. The topological polar surface area (TPSA) is 55.1 Å². The van der Waals surface area contributed by atoms with Crippen molar-refractivity contribution in [3.63, 3.8) is 0 Å². The number of alkyl halides is 3. The first-order valence-electron chi connectivity index (χ1n) is 7.60. The van der Waals surface area contributed by atoms with Gasteiger partial charge in [-0.25, -0.2) is 4.98 Å². The van der Waals surface area contributed by atoms with E-state index >= 15 is 0 Å². The van der Waals surface area contributed by atoms with Gasteiger partial charge in [0.25, 0.3) is 5.91 Å². The van der Waals surface area contributed by atoms with Gasteiger partial charge in [-0.05, 0) is 38.1 Å². The number of carbonyl (C=O) groups excluding carboxylic acids is 1. The number of furan rings is 1. The minimum absolute atomic E-state index is 0.0177. The lowest BCUT2D eigenvalue weighted by molar-refractivity contribution is -0.141. The Hall–Kier alpha value is -2.83. The number of halogens is 3. The van der Waals surface area contributed by atoms with Crippen molar-refractivity contribution in [3.8, 4) is 0 Å². The van der Waals surface area contributed by atoms with Crippen LogP contribution in [0, 0.1) is 6.92 Å². The molecule has 1 amide bonds. The molecule has 0 bridgehead atoms. The molecule has 0 saturated heterocycles. The molecular formula is C18H15F3N2O2. The smallest absolute Gasteiger partial charge is 0.433 e. The monoisotopic (exact) mass is 348 g/mol. The molecule has 4 nitrogen and oxygen atoms in total. The fraction of sp³-hybridized carbons (Fsp3) is 0.222. The zero-order chi connectivity index (χ0) is 18.2. The van der Waals surface area contributed by atoms with Crippen molar-refractivity contribution in [2.75, 3.05) is 0 Å². The van der Waals surface area contributed by atoms with Gasteiger partial charge < -0.3 is 9.73 Å². The Morgan fingerprint density at radius 1 is 1.20 bits per heavy atom. The minimum atomic E-state index is -4.54. The fourth-order valence-corrected chi connectivity index (χ4v) is 2.52. The molecule has 0 aliphatic heterocycles. The maximum absolute atomic E-state index is 12.7. The van der Waals surface area contributed by atoms with Gasteiger partial charge in [-0.2, -0.15) is 13.2 Å². The van der Waals surface area contributed by atoms with E-state index in [1.165, 1.54) is 6.92 Å². The van der Waals surface area contributed by atoms with Crippen molar-refractivity contribution < 1.29 is 22.4 Å². The van der Waals surface area contributed by atoms with Crippen LogP contribution in [0.4, 0.5) is 13.2 Å². The SMILES string of the molecule is Cc1nc(C(F)(F)F)ccc1C(=O)N[C@H](C)c1cc2ccccc2o1. The highest BCUT2D eigenvalue weighted by molar-refractivity contribution is 5.95. The summed E-state index contributed by atoms with van der Waals surface area (Å²) in [5.74, 6) is 0.0544. The second-order valence-corrected chi connectivity index (χ2v) is 5.71. The molecule has 0 radical (unpaired) electrons. The van der Waals surface area contributed by atoms with Crippen molar-refractivity contribution in [1.29, 1.82) is 0 Å². The summed E-state index contributed by atoms with van der Waals surface area (Å²) in [7, 11) is 0. The molecule has 7 heteroatoms. The number of hydrogen-bond donors (Lipinski definition) is 1. The summed E-state index contributed by atoms with van der Waals surface area (Å²) in [6, 6.07) is 10.7. The normalized spacial score (nSPS) is 13.0. The van der Waals surface area contributed by atoms with Gasteiger partial charge in [0.05, 0.1) is 17.3 Å². The van der Waals surface area contributed by atoms with Gasteiger partial charge in [0.15, 0.2) is 0 Å². The number of aromatic nitrogens is 1. The molecule has 2 heterocycles. The van der Waals surface area contributed by atoms with Crippen LogP contribution in [-0.2, 0) is 6.18 Å². The zero-order valence-corrected chi connectivity index (χ0v) is 13.5. The average Bonchev–Trinajstić information content (AvgIpc) is 2.98. The van der Waals surface area contributed by atoms with Crippen LogP contribution in [0.5, 0.6) is 0 Å². The van der Waals surface area contributed by atoms with Crippen LogP contribution in [0.3, 0.4) is 0 Å². The second kappa shape index (κ2) is 6.23. The van der Waals surface area contributed by atoms with Crippen molar-refractivity contribution in [2.24, 2.45) is 0 Å². The summed E-state index contributed by atoms with van der Waals surface area (Å²) in [6.45, 7) is 3.11. The van der Waals surface area contributed by atoms with Gasteiger partial charge in [0, 0.05) is 5.39 Å². The average molecular weight is 348 g/mol. The number of carbonyl (C=O) groups is 1. The van der Waals surface area contributed by atoms with Crippen LogP contribution in [0.25, 0.3) is 11.0 Å². The molecule has 1 N–H and O–H groups in total. The van der Waals surface area contributed by atoms with Crippen LogP contribution >= 0.6 is 0 Å². The van der Waals surface area contributed by atoms with Crippen LogP contribution in [0.15, 0.2) is 46.9 Å². The molecule has 130 valence electrons. The lowest BCUT2D eigenvalue weighted by Gasteiger charge is -2.13. The molecule has 0 aliphatic rings. The number of nitrogens with zero attached hydrogens (tertiary/aromatic N) is 1. The number of hydrogen-bond acceptors (Lipinski definition) is 3. The van der Waals surface area contributed by atoms with Gasteiger partial charge in [-0.1, -0.05) is 18.2 Å². The molecule has 3 aromatic rings. The minimum Gasteiger partial charge on any atom is -0.459 e. The van der Waals surface area contributed by atoms with Crippen molar-refractivity contribution >= 4 is 16.9 Å². The quantitative estimate of drug-likeness (QED) is 0.750. The molecule has 0 spiro atoms. The number of benzene rings is 1. The molecule has 3 rings (SSSR count). The lowest BCUT2D eigenvalue weighted by atomic mass is 10.1. The highest BCUT2D eigenvalue weighted by Crippen LogP contribution is 2.28. The van der Waals surface area contributed by atoms with Gasteiger partial charge in [-0.15, -0.1) is 0 Å². The van der Waals surface area contributed by atoms with Crippen molar-refractivity contribution in [3.05, 3.63) is 65.2 Å². The highest BCUT2D eigenvalue weighted by Gasteiger charge is 2.33. The maximum Gasteiger partial charge on any atom is 0.433 e. The Balaban J connectivity index is 1.79. The van der Waals surface area contributed by atoms with Crippen molar-refractivity contribution in [2.45, 2.75) is 26.1 Å². The molecule has 0 saturated carbocycles. The first-order valence-corrected chi connectivity index (χ1v) is 7.60. The fourth-order valence-electron chi connectivity index (χ4n) is 2.52. The summed E-state index contributed by atoms with van der Waals surface area (Å²) in [6.07, 6.45) is -4.54. The Morgan fingerprint density at radius 2 is 1.92 bits per heavy atom. The van der Waals surface area contributed by atoms with Gasteiger partial charge in [0.1, 0.15) is 17.0 Å². The maximum atomic E-state index is 12.7. The first kappa shape index (κ1) is 17.0. The van der Waals surface area contributed by atoms with E-state index < -0.39 is 23.8 Å². The first-order chi connectivity index (χ1) is 11.8. The molecule has 1 aromatic carbocycles. The Morgan fingerprint density at radius 3 is 2.56 bits per heavy atom. The van der Waals surface area contributed by atoms with Crippen molar-refractivity contribution in [1.82, 2.24) is 10.3 Å². The third-order valence-electron chi connectivity index (χ3n) is 3.84. The molecule has 0 fully saturated rings. The zero-order valence-electron chi connectivity index (χ0n) is 13.5. The molecule has 2 aromatic heterocycles. The second-order valence-electron chi connectivity index (χ2n) is 5.71. The Labute approximate surface area is 141 Å². The summed E-state index contributed by atoms with van der Waals surface area (Å²) >= 11 is 0. The summed E-state index contributed by atoms with van der Waals surface area (Å²) in [5.41, 5.74) is -0.210. The largest absolute Gasteiger partial charge is 0.459 e. The van der Waals surface area contributed by atoms with Gasteiger partial charge >= 0.3 is 6.18 Å². The van der Waals surface area contributed by atoms with E-state index in [0.29, 0.717) is 11.3 Å². The molecule has 1 atom stereocenters. The predicted octanol–water partition coefficient (Wildman–Crippen LogP) is 4.65.